The molecule has 226 valence electrons. The summed E-state index contributed by atoms with van der Waals surface area (Å²) in [5, 5.41) is 8.78. The molecule has 0 fully saturated rings. The summed E-state index contributed by atoms with van der Waals surface area (Å²) in [5.41, 5.74) is 8.58. The number of fused-ring (bicyclic) bond motifs is 4. The van der Waals surface area contributed by atoms with Crippen LogP contribution in [0.3, 0.4) is 0 Å². The van der Waals surface area contributed by atoms with Crippen molar-refractivity contribution in [3.8, 4) is 22.3 Å². The largest absolute Gasteiger partial charge is 0.184 e. The van der Waals surface area contributed by atoms with Gasteiger partial charge in [0.1, 0.15) is 0 Å². The van der Waals surface area contributed by atoms with E-state index in [2.05, 4.69) is 152 Å². The van der Waals surface area contributed by atoms with E-state index < -0.39 is 37.0 Å². The van der Waals surface area contributed by atoms with Crippen LogP contribution in [0.5, 0.6) is 0 Å². The molecule has 0 spiro atoms. The Bertz CT molecular complexity index is 1680. The first-order chi connectivity index (χ1) is 20.5. The Morgan fingerprint density at radius 1 is 0.773 bits per heavy atom. The fourth-order valence-corrected chi connectivity index (χ4v) is 9.54. The molecule has 0 N–H and O–H groups in total. The second-order valence-corrected chi connectivity index (χ2v) is 29.9. The predicted octanol–water partition coefficient (Wildman–Crippen LogP) is 9.42. The van der Waals surface area contributed by atoms with Gasteiger partial charge >= 0.3 is 37.9 Å². The fraction of sp³-hybridized carbons (Fsp3) is 0.289. The van der Waals surface area contributed by atoms with E-state index in [9.17, 15) is 0 Å². The van der Waals surface area contributed by atoms with Gasteiger partial charge in [-0.15, -0.1) is 40.1 Å². The van der Waals surface area contributed by atoms with Gasteiger partial charge in [0.05, 0.1) is 25.7 Å². The van der Waals surface area contributed by atoms with E-state index in [0.717, 1.165) is 9.52 Å². The minimum absolute atomic E-state index is 0.114. The van der Waals surface area contributed by atoms with Gasteiger partial charge in [0.25, 0.3) is 0 Å². The number of hydrogen-bond donors (Lipinski definition) is 0. The van der Waals surface area contributed by atoms with Crippen molar-refractivity contribution in [1.29, 1.82) is 0 Å². The van der Waals surface area contributed by atoms with Gasteiger partial charge in [-0.2, -0.15) is 35.5 Å². The molecule has 0 atom stereocenters. The molecule has 0 saturated heterocycles. The van der Waals surface area contributed by atoms with Gasteiger partial charge in [0.15, 0.2) is 0 Å². The van der Waals surface area contributed by atoms with Gasteiger partial charge in [-0.05, 0) is 11.0 Å². The molecular formula is C38H44Cl2Si3Zr. The van der Waals surface area contributed by atoms with Crippen molar-refractivity contribution in [2.24, 2.45) is 0 Å². The average molecular weight is 747 g/mol. The molecule has 5 aromatic rings. The van der Waals surface area contributed by atoms with Gasteiger partial charge in [-0.1, -0.05) is 142 Å². The van der Waals surface area contributed by atoms with E-state index in [-0.39, 0.29) is 5.41 Å². The number of hydrogen-bond acceptors (Lipinski definition) is 0. The minimum Gasteiger partial charge on any atom is -0.184 e. The second-order valence-electron chi connectivity index (χ2n) is 14.8. The first-order valence-electron chi connectivity index (χ1n) is 15.2. The SMILES string of the molecule is Cc1cc2c(-c3cc([Si](C)(C)C)cc([Si](C)(C)C)c3)c(C(C)(C)C)ccc2[cH-]1.[Cl][Zr+2][Cl].[c-]1cccc2c1[Si]c1ccccc1-2. The zero-order valence-electron chi connectivity index (χ0n) is 27.8. The van der Waals surface area contributed by atoms with Gasteiger partial charge in [0.2, 0.25) is 0 Å². The summed E-state index contributed by atoms with van der Waals surface area (Å²) in [4.78, 5) is 0. The topological polar surface area (TPSA) is 0 Å². The molecule has 6 heteroatoms. The smallest absolute Gasteiger partial charge is 0.0920 e. The van der Waals surface area contributed by atoms with E-state index in [1.165, 1.54) is 54.5 Å². The molecular weight excluding hydrogens is 703 g/mol. The molecule has 0 aromatic heterocycles. The Morgan fingerprint density at radius 3 is 1.95 bits per heavy atom. The van der Waals surface area contributed by atoms with Crippen molar-refractivity contribution in [3.05, 3.63) is 102 Å². The summed E-state index contributed by atoms with van der Waals surface area (Å²) in [6, 6.07) is 35.1. The Balaban J connectivity index is 0.000000226. The maximum atomic E-state index is 4.93. The summed E-state index contributed by atoms with van der Waals surface area (Å²) >= 11 is -0.826. The van der Waals surface area contributed by atoms with Crippen molar-refractivity contribution in [1.82, 2.24) is 0 Å². The molecule has 1 aliphatic rings. The minimum atomic E-state index is -1.41. The third kappa shape index (κ3) is 8.30. The molecule has 2 radical (unpaired) electrons. The molecule has 0 aliphatic carbocycles. The zero-order chi connectivity index (χ0) is 32.4. The maximum Gasteiger partial charge on any atom is 0.0920 e. The third-order valence-corrected chi connectivity index (χ3v) is 13.5. The summed E-state index contributed by atoms with van der Waals surface area (Å²) in [7, 11) is 7.84. The molecule has 6 rings (SSSR count). The second kappa shape index (κ2) is 14.2. The van der Waals surface area contributed by atoms with Crippen molar-refractivity contribution >= 4 is 74.2 Å². The Morgan fingerprint density at radius 2 is 1.36 bits per heavy atom. The first-order valence-corrected chi connectivity index (χ1v) is 29.6. The number of halogens is 2. The number of rotatable bonds is 3. The Labute approximate surface area is 289 Å². The molecule has 44 heavy (non-hydrogen) atoms. The van der Waals surface area contributed by atoms with Crippen LogP contribution in [0, 0.1) is 13.0 Å². The van der Waals surface area contributed by atoms with E-state index in [0.29, 0.717) is 0 Å². The number of benzene rings is 4. The molecule has 1 heterocycles. The first kappa shape index (κ1) is 35.5. The Hall–Kier alpha value is -1.40. The standard InChI is InChI=1S/C26H37Si2.C12H7Si.2ClH.Zr/c1-18-13-19-11-12-24(26(2,3)4)25(23(19)14-18)20-15-21(27(5,6)7)17-22(16-20)28(8,9)10;1-3-7-11-9(5-1)10-6-2-4-8-12(10)13-11;;;/h11-17H,1-10H3;1-7H;2*1H;/q2*-1;;;+4/p-2. The van der Waals surface area contributed by atoms with Gasteiger partial charge in [0, 0.05) is 0 Å². The molecule has 0 nitrogen and oxygen atoms in total. The van der Waals surface area contributed by atoms with Crippen LogP contribution in [0.15, 0.2) is 84.9 Å². The van der Waals surface area contributed by atoms with Crippen LogP contribution in [-0.4, -0.2) is 25.7 Å². The average Bonchev–Trinajstić information content (AvgIpc) is 3.51. The van der Waals surface area contributed by atoms with Crippen LogP contribution in [0.1, 0.15) is 31.9 Å². The molecule has 1 aliphatic heterocycles. The molecule has 0 bridgehead atoms. The summed E-state index contributed by atoms with van der Waals surface area (Å²) < 4.78 is 0. The van der Waals surface area contributed by atoms with Crippen molar-refractivity contribution in [2.45, 2.75) is 72.4 Å². The van der Waals surface area contributed by atoms with Gasteiger partial charge in [-0.25, -0.2) is 0 Å². The van der Waals surface area contributed by atoms with Gasteiger partial charge < -0.3 is 0 Å². The van der Waals surface area contributed by atoms with Crippen molar-refractivity contribution < 1.29 is 20.8 Å². The van der Waals surface area contributed by atoms with Crippen LogP contribution in [0.2, 0.25) is 39.3 Å². The zero-order valence-corrected chi connectivity index (χ0v) is 34.8. The van der Waals surface area contributed by atoms with E-state index in [1.807, 2.05) is 6.07 Å². The van der Waals surface area contributed by atoms with Crippen molar-refractivity contribution in [2.75, 3.05) is 0 Å². The quantitative estimate of drug-likeness (QED) is 0.125. The fourth-order valence-electron chi connectivity index (χ4n) is 5.73. The van der Waals surface area contributed by atoms with E-state index in [4.69, 9.17) is 17.0 Å². The molecule has 0 saturated carbocycles. The van der Waals surface area contributed by atoms with Crippen LogP contribution in [-0.2, 0) is 26.3 Å². The van der Waals surface area contributed by atoms with Crippen LogP contribution >= 0.6 is 17.0 Å². The number of aryl methyl sites for hydroxylation is 1. The summed E-state index contributed by atoms with van der Waals surface area (Å²) in [6.45, 7) is 24.1. The van der Waals surface area contributed by atoms with Crippen LogP contribution < -0.4 is 20.7 Å². The summed E-state index contributed by atoms with van der Waals surface area (Å²) in [6.07, 6.45) is 0. The predicted molar refractivity (Wildman–Crippen MR) is 202 cm³/mol. The molecule has 5 aromatic carbocycles. The third-order valence-electron chi connectivity index (χ3n) is 8.13. The Kier molecular flexibility index (Phi) is 11.4. The van der Waals surface area contributed by atoms with Gasteiger partial charge in [-0.3, -0.25) is 0 Å². The van der Waals surface area contributed by atoms with Crippen molar-refractivity contribution in [3.63, 3.8) is 0 Å². The van der Waals surface area contributed by atoms with Crippen LogP contribution in [0.4, 0.5) is 0 Å². The molecule has 0 unspecified atom stereocenters. The monoisotopic (exact) mass is 744 g/mol. The van der Waals surface area contributed by atoms with Crippen LogP contribution in [0.25, 0.3) is 33.0 Å². The summed E-state index contributed by atoms with van der Waals surface area (Å²) in [5.74, 6) is 0. The van der Waals surface area contributed by atoms with E-state index >= 15 is 0 Å². The normalized spacial score (nSPS) is 12.4. The molecule has 0 amide bonds. The maximum absolute atomic E-state index is 4.93. The van der Waals surface area contributed by atoms with E-state index in [1.54, 1.807) is 10.4 Å².